The van der Waals surface area contributed by atoms with Crippen LogP contribution in [0.15, 0.2) is 12.5 Å². The Morgan fingerprint density at radius 2 is 2.22 bits per heavy atom. The second kappa shape index (κ2) is 6.00. The molecular formula is C13H22N4O. The van der Waals surface area contributed by atoms with Crippen LogP contribution in [-0.2, 0) is 11.3 Å². The average Bonchev–Trinajstić information content (AvgIpc) is 2.91. The Labute approximate surface area is 108 Å². The number of nitrogens with zero attached hydrogens (tertiary/aromatic N) is 1. The van der Waals surface area contributed by atoms with E-state index in [2.05, 4.69) is 15.3 Å². The highest BCUT2D eigenvalue weighted by atomic mass is 16.1. The second-order valence-electron chi connectivity index (χ2n) is 5.30. The van der Waals surface area contributed by atoms with Gasteiger partial charge in [-0.05, 0) is 24.8 Å². The molecule has 4 N–H and O–H groups in total. The zero-order valence-electron chi connectivity index (χ0n) is 10.7. The van der Waals surface area contributed by atoms with E-state index in [1.165, 1.54) is 19.3 Å². The minimum absolute atomic E-state index is 0.0380. The van der Waals surface area contributed by atoms with Crippen molar-refractivity contribution >= 4 is 5.91 Å². The lowest BCUT2D eigenvalue weighted by Gasteiger charge is -2.35. The summed E-state index contributed by atoms with van der Waals surface area (Å²) in [7, 11) is 0. The molecule has 1 fully saturated rings. The van der Waals surface area contributed by atoms with Crippen molar-refractivity contribution in [2.75, 3.05) is 6.54 Å². The first-order chi connectivity index (χ1) is 8.74. The molecule has 0 atom stereocenters. The zero-order valence-corrected chi connectivity index (χ0v) is 10.7. The molecule has 100 valence electrons. The maximum Gasteiger partial charge on any atom is 0.220 e. The van der Waals surface area contributed by atoms with E-state index in [4.69, 9.17) is 5.73 Å². The summed E-state index contributed by atoms with van der Waals surface area (Å²) >= 11 is 0. The van der Waals surface area contributed by atoms with Crippen LogP contribution < -0.4 is 11.1 Å². The molecule has 18 heavy (non-hydrogen) atoms. The lowest BCUT2D eigenvalue weighted by molar-refractivity contribution is -0.124. The number of carbonyl (C=O) groups excluding carboxylic acids is 1. The van der Waals surface area contributed by atoms with Gasteiger partial charge in [0.05, 0.1) is 18.6 Å². The van der Waals surface area contributed by atoms with Gasteiger partial charge in [-0.3, -0.25) is 4.79 Å². The number of H-pyrrole nitrogens is 1. The Hall–Kier alpha value is -1.36. The highest BCUT2D eigenvalue weighted by Crippen LogP contribution is 2.38. The van der Waals surface area contributed by atoms with E-state index in [0.717, 1.165) is 18.5 Å². The molecule has 1 saturated carbocycles. The SMILES string of the molecule is NCC1(CC(=O)NCc2cnc[nH]2)CCCCC1. The highest BCUT2D eigenvalue weighted by molar-refractivity contribution is 5.76. The Morgan fingerprint density at radius 1 is 1.44 bits per heavy atom. The molecule has 1 aromatic heterocycles. The lowest BCUT2D eigenvalue weighted by atomic mass is 9.71. The maximum absolute atomic E-state index is 12.0. The molecule has 0 bridgehead atoms. The molecular weight excluding hydrogens is 228 g/mol. The molecule has 0 aromatic carbocycles. The van der Waals surface area contributed by atoms with Crippen LogP contribution in [0.1, 0.15) is 44.2 Å². The van der Waals surface area contributed by atoms with Gasteiger partial charge in [0, 0.05) is 12.6 Å². The number of amides is 1. The number of aromatic amines is 1. The van der Waals surface area contributed by atoms with Crippen molar-refractivity contribution in [3.63, 3.8) is 0 Å². The summed E-state index contributed by atoms with van der Waals surface area (Å²) in [4.78, 5) is 18.9. The normalized spacial score (nSPS) is 18.5. The second-order valence-corrected chi connectivity index (χ2v) is 5.30. The molecule has 1 aliphatic carbocycles. The summed E-state index contributed by atoms with van der Waals surface area (Å²) < 4.78 is 0. The van der Waals surface area contributed by atoms with Crippen molar-refractivity contribution < 1.29 is 4.79 Å². The molecule has 2 rings (SSSR count). The topological polar surface area (TPSA) is 83.8 Å². The van der Waals surface area contributed by atoms with Crippen molar-refractivity contribution in [3.05, 3.63) is 18.2 Å². The van der Waals surface area contributed by atoms with E-state index < -0.39 is 0 Å². The van der Waals surface area contributed by atoms with Crippen LogP contribution in [0.25, 0.3) is 0 Å². The molecule has 5 heteroatoms. The molecule has 1 amide bonds. The van der Waals surface area contributed by atoms with E-state index in [1.54, 1.807) is 12.5 Å². The van der Waals surface area contributed by atoms with Gasteiger partial charge in [-0.1, -0.05) is 19.3 Å². The van der Waals surface area contributed by atoms with Crippen molar-refractivity contribution in [2.24, 2.45) is 11.1 Å². The largest absolute Gasteiger partial charge is 0.350 e. The number of nitrogens with two attached hydrogens (primary N) is 1. The predicted molar refractivity (Wildman–Crippen MR) is 69.6 cm³/mol. The summed E-state index contributed by atoms with van der Waals surface area (Å²) in [5.41, 5.74) is 6.84. The predicted octanol–water partition coefficient (Wildman–Crippen LogP) is 1.33. The summed E-state index contributed by atoms with van der Waals surface area (Å²) in [6.07, 6.45) is 9.73. The fourth-order valence-corrected chi connectivity index (χ4v) is 2.73. The van der Waals surface area contributed by atoms with E-state index in [0.29, 0.717) is 19.5 Å². The van der Waals surface area contributed by atoms with E-state index in [-0.39, 0.29) is 11.3 Å². The zero-order chi connectivity index (χ0) is 12.8. The molecule has 0 aliphatic heterocycles. The van der Waals surface area contributed by atoms with Gasteiger partial charge in [-0.15, -0.1) is 0 Å². The fourth-order valence-electron chi connectivity index (χ4n) is 2.73. The summed E-state index contributed by atoms with van der Waals surface area (Å²) in [5, 5.41) is 2.93. The van der Waals surface area contributed by atoms with Gasteiger partial charge < -0.3 is 16.0 Å². The van der Waals surface area contributed by atoms with Crippen molar-refractivity contribution in [2.45, 2.75) is 45.1 Å². The number of imidazole rings is 1. The highest BCUT2D eigenvalue weighted by Gasteiger charge is 2.32. The monoisotopic (exact) mass is 250 g/mol. The van der Waals surface area contributed by atoms with Crippen molar-refractivity contribution in [1.29, 1.82) is 0 Å². The number of aromatic nitrogens is 2. The first-order valence-electron chi connectivity index (χ1n) is 6.68. The molecule has 0 unspecified atom stereocenters. The average molecular weight is 250 g/mol. The standard InChI is InChI=1S/C13H22N4O/c14-9-13(4-2-1-3-5-13)6-12(18)16-8-11-7-15-10-17-11/h7,10H,1-6,8-9,14H2,(H,15,17)(H,16,18). The third kappa shape index (κ3) is 3.32. The van der Waals surface area contributed by atoms with E-state index >= 15 is 0 Å². The van der Waals surface area contributed by atoms with Crippen LogP contribution in [0, 0.1) is 5.41 Å². The van der Waals surface area contributed by atoms with Crippen LogP contribution in [0.5, 0.6) is 0 Å². The van der Waals surface area contributed by atoms with Gasteiger partial charge in [-0.2, -0.15) is 0 Å². The minimum atomic E-state index is 0.0380. The molecule has 0 spiro atoms. The molecule has 1 aliphatic rings. The van der Waals surface area contributed by atoms with Crippen molar-refractivity contribution in [3.8, 4) is 0 Å². The molecule has 0 saturated heterocycles. The third-order valence-corrected chi connectivity index (χ3v) is 3.91. The van der Waals surface area contributed by atoms with Gasteiger partial charge in [0.2, 0.25) is 5.91 Å². The number of carbonyl (C=O) groups is 1. The van der Waals surface area contributed by atoms with Crippen LogP contribution >= 0.6 is 0 Å². The minimum Gasteiger partial charge on any atom is -0.350 e. The van der Waals surface area contributed by atoms with Crippen LogP contribution in [-0.4, -0.2) is 22.4 Å². The summed E-state index contributed by atoms with van der Waals surface area (Å²) in [5.74, 6) is 0.0944. The summed E-state index contributed by atoms with van der Waals surface area (Å²) in [6.45, 7) is 1.13. The third-order valence-electron chi connectivity index (χ3n) is 3.91. The molecule has 1 aromatic rings. The Bertz CT molecular complexity index is 368. The molecule has 5 nitrogen and oxygen atoms in total. The van der Waals surface area contributed by atoms with Crippen LogP contribution in [0.3, 0.4) is 0 Å². The van der Waals surface area contributed by atoms with E-state index in [9.17, 15) is 4.79 Å². The Balaban J connectivity index is 1.81. The van der Waals surface area contributed by atoms with Gasteiger partial charge in [0.25, 0.3) is 0 Å². The number of hydrogen-bond acceptors (Lipinski definition) is 3. The van der Waals surface area contributed by atoms with Gasteiger partial charge in [0.15, 0.2) is 0 Å². The summed E-state index contributed by atoms with van der Waals surface area (Å²) in [6, 6.07) is 0. The molecule has 0 radical (unpaired) electrons. The lowest BCUT2D eigenvalue weighted by Crippen LogP contribution is -2.38. The number of nitrogens with one attached hydrogen (secondary N) is 2. The Morgan fingerprint density at radius 3 is 2.83 bits per heavy atom. The quantitative estimate of drug-likeness (QED) is 0.737. The van der Waals surface area contributed by atoms with Crippen LogP contribution in [0.2, 0.25) is 0 Å². The number of hydrogen-bond donors (Lipinski definition) is 3. The fraction of sp³-hybridized carbons (Fsp3) is 0.692. The van der Waals surface area contributed by atoms with Crippen LogP contribution in [0.4, 0.5) is 0 Å². The smallest absolute Gasteiger partial charge is 0.220 e. The molecule has 1 heterocycles. The van der Waals surface area contributed by atoms with E-state index in [1.807, 2.05) is 0 Å². The van der Waals surface area contributed by atoms with Gasteiger partial charge in [0.1, 0.15) is 0 Å². The first kappa shape index (κ1) is 13.1. The van der Waals surface area contributed by atoms with Gasteiger partial charge in [-0.25, -0.2) is 4.98 Å². The van der Waals surface area contributed by atoms with Gasteiger partial charge >= 0.3 is 0 Å². The number of rotatable bonds is 5. The first-order valence-corrected chi connectivity index (χ1v) is 6.68. The van der Waals surface area contributed by atoms with Crippen molar-refractivity contribution in [1.82, 2.24) is 15.3 Å². The maximum atomic E-state index is 12.0. The Kier molecular flexibility index (Phi) is 4.36.